The second kappa shape index (κ2) is 6.45. The van der Waals surface area contributed by atoms with Gasteiger partial charge in [-0.3, -0.25) is 0 Å². The van der Waals surface area contributed by atoms with Crippen molar-refractivity contribution in [3.8, 4) is 0 Å². The van der Waals surface area contributed by atoms with E-state index in [1.54, 1.807) is 6.07 Å². The van der Waals surface area contributed by atoms with E-state index in [0.29, 0.717) is 22.5 Å². The lowest BCUT2D eigenvalue weighted by Gasteiger charge is -2.21. The monoisotopic (exact) mass is 260 g/mol. The summed E-state index contributed by atoms with van der Waals surface area (Å²) >= 11 is 12.0. The van der Waals surface area contributed by atoms with Crippen molar-refractivity contribution >= 4 is 23.2 Å². The molecule has 0 spiro atoms. The van der Waals surface area contributed by atoms with Gasteiger partial charge < -0.3 is 11.1 Å². The molecule has 0 aromatic heterocycles. The zero-order valence-electron chi connectivity index (χ0n) is 9.63. The first kappa shape index (κ1) is 13.8. The second-order valence-electron chi connectivity index (χ2n) is 4.08. The number of nitrogens with two attached hydrogens (primary N) is 1. The highest BCUT2D eigenvalue weighted by molar-refractivity contribution is 6.35. The van der Waals surface area contributed by atoms with Gasteiger partial charge in [-0.1, -0.05) is 36.2 Å². The lowest BCUT2D eigenvalue weighted by atomic mass is 9.96. The molecule has 0 saturated carbocycles. The van der Waals surface area contributed by atoms with Crippen LogP contribution >= 0.6 is 23.2 Å². The van der Waals surface area contributed by atoms with Crippen LogP contribution in [0.5, 0.6) is 0 Å². The highest BCUT2D eigenvalue weighted by Crippen LogP contribution is 2.29. The Morgan fingerprint density at radius 2 is 2.06 bits per heavy atom. The maximum Gasteiger partial charge on any atom is 0.0468 e. The molecule has 0 aliphatic carbocycles. The second-order valence-corrected chi connectivity index (χ2v) is 4.93. The van der Waals surface area contributed by atoms with Gasteiger partial charge in [-0.15, -0.1) is 0 Å². The molecular formula is C12H18Cl2N2. The molecule has 1 rings (SSSR count). The van der Waals surface area contributed by atoms with Crippen molar-refractivity contribution in [3.05, 3.63) is 33.8 Å². The van der Waals surface area contributed by atoms with Gasteiger partial charge >= 0.3 is 0 Å². The summed E-state index contributed by atoms with van der Waals surface area (Å²) in [4.78, 5) is 0. The first-order chi connectivity index (χ1) is 7.58. The van der Waals surface area contributed by atoms with Crippen LogP contribution < -0.4 is 11.1 Å². The molecule has 0 bridgehead atoms. The molecule has 1 aromatic carbocycles. The first-order valence-corrected chi connectivity index (χ1v) is 6.16. The third-order valence-corrected chi connectivity index (χ3v) is 3.29. The number of hydrogen-bond acceptors (Lipinski definition) is 2. The lowest BCUT2D eigenvalue weighted by molar-refractivity contribution is 0.438. The predicted molar refractivity (Wildman–Crippen MR) is 71.1 cm³/mol. The fraction of sp³-hybridized carbons (Fsp3) is 0.500. The van der Waals surface area contributed by atoms with Crippen LogP contribution in [0, 0.1) is 5.92 Å². The van der Waals surface area contributed by atoms with Gasteiger partial charge in [0.15, 0.2) is 0 Å². The van der Waals surface area contributed by atoms with Gasteiger partial charge in [0, 0.05) is 16.1 Å². The molecule has 0 aliphatic rings. The van der Waals surface area contributed by atoms with Gasteiger partial charge in [0.1, 0.15) is 0 Å². The Balaban J connectivity index is 2.86. The van der Waals surface area contributed by atoms with Crippen LogP contribution in [0.25, 0.3) is 0 Å². The molecule has 2 nitrogen and oxygen atoms in total. The molecule has 2 unspecified atom stereocenters. The fourth-order valence-electron chi connectivity index (χ4n) is 1.68. The van der Waals surface area contributed by atoms with Crippen molar-refractivity contribution in [2.75, 3.05) is 13.6 Å². The highest BCUT2D eigenvalue weighted by Gasteiger charge is 2.15. The predicted octanol–water partition coefficient (Wildman–Crippen LogP) is 3.24. The summed E-state index contributed by atoms with van der Waals surface area (Å²) in [5.41, 5.74) is 6.71. The number of rotatable bonds is 5. The highest BCUT2D eigenvalue weighted by atomic mass is 35.5. The Hall–Kier alpha value is -0.280. The van der Waals surface area contributed by atoms with E-state index in [0.717, 1.165) is 12.0 Å². The topological polar surface area (TPSA) is 38.0 Å². The van der Waals surface area contributed by atoms with E-state index in [-0.39, 0.29) is 6.04 Å². The SMILES string of the molecule is CNC(CC(C)CN)c1ccc(Cl)cc1Cl. The van der Waals surface area contributed by atoms with Crippen molar-refractivity contribution in [2.45, 2.75) is 19.4 Å². The van der Waals surface area contributed by atoms with E-state index >= 15 is 0 Å². The minimum atomic E-state index is 0.225. The third-order valence-electron chi connectivity index (χ3n) is 2.73. The van der Waals surface area contributed by atoms with Gasteiger partial charge in [-0.05, 0) is 43.6 Å². The molecular weight excluding hydrogens is 243 g/mol. The Labute approximate surface area is 107 Å². The molecule has 90 valence electrons. The van der Waals surface area contributed by atoms with Gasteiger partial charge in [0.25, 0.3) is 0 Å². The molecule has 0 radical (unpaired) electrons. The molecule has 0 saturated heterocycles. The first-order valence-electron chi connectivity index (χ1n) is 5.40. The van der Waals surface area contributed by atoms with Crippen molar-refractivity contribution in [3.63, 3.8) is 0 Å². The molecule has 16 heavy (non-hydrogen) atoms. The summed E-state index contributed by atoms with van der Waals surface area (Å²) in [7, 11) is 1.93. The van der Waals surface area contributed by atoms with Crippen LogP contribution in [0.2, 0.25) is 10.0 Å². The van der Waals surface area contributed by atoms with E-state index in [1.165, 1.54) is 0 Å². The Morgan fingerprint density at radius 1 is 1.38 bits per heavy atom. The Kier molecular flexibility index (Phi) is 5.56. The number of halogens is 2. The van der Waals surface area contributed by atoms with Crippen LogP contribution in [-0.2, 0) is 0 Å². The van der Waals surface area contributed by atoms with E-state index in [2.05, 4.69) is 12.2 Å². The zero-order chi connectivity index (χ0) is 12.1. The van der Waals surface area contributed by atoms with Crippen molar-refractivity contribution in [1.82, 2.24) is 5.32 Å². The summed E-state index contributed by atoms with van der Waals surface area (Å²) in [6, 6.07) is 5.83. The third kappa shape index (κ3) is 3.63. The minimum Gasteiger partial charge on any atom is -0.330 e. The minimum absolute atomic E-state index is 0.225. The van der Waals surface area contributed by atoms with Crippen LogP contribution in [0.4, 0.5) is 0 Å². The van der Waals surface area contributed by atoms with Gasteiger partial charge in [-0.2, -0.15) is 0 Å². The van der Waals surface area contributed by atoms with Crippen LogP contribution in [0.1, 0.15) is 24.9 Å². The largest absolute Gasteiger partial charge is 0.330 e. The molecule has 0 aliphatic heterocycles. The Bertz CT molecular complexity index is 342. The number of hydrogen-bond donors (Lipinski definition) is 2. The molecule has 1 aromatic rings. The van der Waals surface area contributed by atoms with E-state index in [4.69, 9.17) is 28.9 Å². The molecule has 0 amide bonds. The Morgan fingerprint density at radius 3 is 2.56 bits per heavy atom. The van der Waals surface area contributed by atoms with Gasteiger partial charge in [-0.25, -0.2) is 0 Å². The number of benzene rings is 1. The van der Waals surface area contributed by atoms with Crippen molar-refractivity contribution < 1.29 is 0 Å². The molecule has 2 atom stereocenters. The lowest BCUT2D eigenvalue weighted by Crippen LogP contribution is -2.22. The quantitative estimate of drug-likeness (QED) is 0.853. The zero-order valence-corrected chi connectivity index (χ0v) is 11.1. The summed E-state index contributed by atoms with van der Waals surface area (Å²) in [6.07, 6.45) is 0.967. The average Bonchev–Trinajstić information content (AvgIpc) is 2.26. The molecule has 4 heteroatoms. The normalized spacial score (nSPS) is 14.8. The summed E-state index contributed by atoms with van der Waals surface area (Å²) in [5, 5.41) is 4.63. The standard InChI is InChI=1S/C12H18Cl2N2/c1-8(7-15)5-12(16-2)10-4-3-9(13)6-11(10)14/h3-4,6,8,12,16H,5,7,15H2,1-2H3. The maximum atomic E-state index is 6.17. The molecule has 3 N–H and O–H groups in total. The maximum absolute atomic E-state index is 6.17. The van der Waals surface area contributed by atoms with Crippen LogP contribution in [0.3, 0.4) is 0 Å². The van der Waals surface area contributed by atoms with Crippen LogP contribution in [-0.4, -0.2) is 13.6 Å². The van der Waals surface area contributed by atoms with Crippen molar-refractivity contribution in [2.24, 2.45) is 11.7 Å². The van der Waals surface area contributed by atoms with Gasteiger partial charge in [0.05, 0.1) is 0 Å². The smallest absolute Gasteiger partial charge is 0.0468 e. The van der Waals surface area contributed by atoms with E-state index < -0.39 is 0 Å². The molecule has 0 heterocycles. The molecule has 0 fully saturated rings. The summed E-state index contributed by atoms with van der Waals surface area (Å²) in [6.45, 7) is 2.82. The summed E-state index contributed by atoms with van der Waals surface area (Å²) in [5.74, 6) is 0.462. The van der Waals surface area contributed by atoms with E-state index in [1.807, 2.05) is 19.2 Å². The van der Waals surface area contributed by atoms with Gasteiger partial charge in [0.2, 0.25) is 0 Å². The fourth-order valence-corrected chi connectivity index (χ4v) is 2.22. The van der Waals surface area contributed by atoms with Crippen molar-refractivity contribution in [1.29, 1.82) is 0 Å². The van der Waals surface area contributed by atoms with E-state index in [9.17, 15) is 0 Å². The number of nitrogens with one attached hydrogen (secondary N) is 1. The average molecular weight is 261 g/mol. The summed E-state index contributed by atoms with van der Waals surface area (Å²) < 4.78 is 0. The van der Waals surface area contributed by atoms with Crippen LogP contribution in [0.15, 0.2) is 18.2 Å².